The van der Waals surface area contributed by atoms with Gasteiger partial charge in [0, 0.05) is 36.1 Å². The van der Waals surface area contributed by atoms with Crippen molar-refractivity contribution >= 4 is 29.0 Å². The van der Waals surface area contributed by atoms with E-state index in [0.717, 1.165) is 48.6 Å². The highest BCUT2D eigenvalue weighted by atomic mass is 35.5. The van der Waals surface area contributed by atoms with Crippen molar-refractivity contribution in [2.75, 3.05) is 25.1 Å². The van der Waals surface area contributed by atoms with Crippen LogP contribution in [0.2, 0.25) is 5.02 Å². The molecule has 174 valence electrons. The van der Waals surface area contributed by atoms with Gasteiger partial charge in [0.15, 0.2) is 11.5 Å². The quantitative estimate of drug-likeness (QED) is 0.453. The Bertz CT molecular complexity index is 1300. The molecule has 4 aromatic rings. The van der Waals surface area contributed by atoms with Gasteiger partial charge < -0.3 is 15.0 Å². The molecule has 9 heteroatoms. The number of ether oxygens (including phenoxy) is 1. The summed E-state index contributed by atoms with van der Waals surface area (Å²) in [5, 5.41) is 17.1. The minimum Gasteiger partial charge on any atom is -0.497 e. The molecule has 0 atom stereocenters. The van der Waals surface area contributed by atoms with Gasteiger partial charge in [-0.3, -0.25) is 4.79 Å². The standard InChI is InChI=1S/C25H25ClN6O2/c1-34-21-4-2-3-17(15-21)16-27-25(33)19-11-13-31(14-12-19)23-10-9-22-28-29-24(32(22)30-23)18-5-7-20(26)8-6-18/h2-10,15,19H,11-14,16H2,1H3,(H,27,33). The molecule has 0 radical (unpaired) electrons. The molecule has 0 spiro atoms. The molecule has 0 aliphatic carbocycles. The molecule has 5 rings (SSSR count). The van der Waals surface area contributed by atoms with Crippen molar-refractivity contribution in [2.24, 2.45) is 5.92 Å². The van der Waals surface area contributed by atoms with Crippen LogP contribution in [0, 0.1) is 5.92 Å². The van der Waals surface area contributed by atoms with Crippen molar-refractivity contribution in [3.05, 3.63) is 71.2 Å². The van der Waals surface area contributed by atoms with Gasteiger partial charge in [0.1, 0.15) is 11.6 Å². The number of nitrogens with one attached hydrogen (secondary N) is 1. The Morgan fingerprint density at radius 3 is 2.65 bits per heavy atom. The number of rotatable bonds is 6. The van der Waals surface area contributed by atoms with E-state index in [1.54, 1.807) is 11.6 Å². The summed E-state index contributed by atoms with van der Waals surface area (Å²) in [5.41, 5.74) is 2.60. The van der Waals surface area contributed by atoms with Crippen molar-refractivity contribution < 1.29 is 9.53 Å². The molecule has 1 fully saturated rings. The molecule has 2 aromatic heterocycles. The summed E-state index contributed by atoms with van der Waals surface area (Å²) < 4.78 is 7.01. The maximum absolute atomic E-state index is 12.7. The molecule has 0 bridgehead atoms. The molecular formula is C25H25ClN6O2. The number of carbonyl (C=O) groups excluding carboxylic acids is 1. The van der Waals surface area contributed by atoms with Gasteiger partial charge in [-0.2, -0.15) is 4.52 Å². The number of anilines is 1. The normalized spacial score (nSPS) is 14.4. The number of aromatic nitrogens is 4. The predicted molar refractivity (Wildman–Crippen MR) is 131 cm³/mol. The van der Waals surface area contributed by atoms with E-state index in [2.05, 4.69) is 20.4 Å². The molecule has 1 saturated heterocycles. The highest BCUT2D eigenvalue weighted by Crippen LogP contribution is 2.25. The van der Waals surface area contributed by atoms with Crippen molar-refractivity contribution in [2.45, 2.75) is 19.4 Å². The van der Waals surface area contributed by atoms with Gasteiger partial charge in [-0.15, -0.1) is 15.3 Å². The Kier molecular flexibility index (Phi) is 6.31. The molecule has 1 aliphatic rings. The summed E-state index contributed by atoms with van der Waals surface area (Å²) >= 11 is 6.02. The summed E-state index contributed by atoms with van der Waals surface area (Å²) in [5.74, 6) is 2.38. The lowest BCUT2D eigenvalue weighted by Crippen LogP contribution is -2.40. The van der Waals surface area contributed by atoms with Crippen LogP contribution in [0.5, 0.6) is 5.75 Å². The van der Waals surface area contributed by atoms with Crippen LogP contribution >= 0.6 is 11.6 Å². The Morgan fingerprint density at radius 1 is 1.09 bits per heavy atom. The summed E-state index contributed by atoms with van der Waals surface area (Å²) in [6.07, 6.45) is 1.55. The molecule has 1 amide bonds. The van der Waals surface area contributed by atoms with Crippen molar-refractivity contribution in [1.29, 1.82) is 0 Å². The maximum Gasteiger partial charge on any atom is 0.223 e. The second-order valence-electron chi connectivity index (χ2n) is 8.32. The van der Waals surface area contributed by atoms with E-state index in [4.69, 9.17) is 21.4 Å². The van der Waals surface area contributed by atoms with E-state index in [1.807, 2.05) is 60.7 Å². The number of fused-ring (bicyclic) bond motifs is 1. The summed E-state index contributed by atoms with van der Waals surface area (Å²) in [7, 11) is 1.64. The fourth-order valence-corrected chi connectivity index (χ4v) is 4.34. The topological polar surface area (TPSA) is 84.6 Å². The maximum atomic E-state index is 12.7. The molecule has 3 heterocycles. The zero-order chi connectivity index (χ0) is 23.5. The highest BCUT2D eigenvalue weighted by molar-refractivity contribution is 6.30. The second kappa shape index (κ2) is 9.69. The van der Waals surface area contributed by atoms with Gasteiger partial charge in [-0.05, 0) is 66.9 Å². The van der Waals surface area contributed by atoms with Gasteiger partial charge in [-0.1, -0.05) is 23.7 Å². The van der Waals surface area contributed by atoms with E-state index in [-0.39, 0.29) is 11.8 Å². The Morgan fingerprint density at radius 2 is 1.88 bits per heavy atom. The second-order valence-corrected chi connectivity index (χ2v) is 8.76. The smallest absolute Gasteiger partial charge is 0.223 e. The monoisotopic (exact) mass is 476 g/mol. The van der Waals surface area contributed by atoms with E-state index in [9.17, 15) is 4.79 Å². The van der Waals surface area contributed by atoms with Crippen LogP contribution in [-0.4, -0.2) is 45.9 Å². The first-order valence-electron chi connectivity index (χ1n) is 11.2. The SMILES string of the molecule is COc1cccc(CNC(=O)C2CCN(c3ccc4nnc(-c5ccc(Cl)cc5)n4n3)CC2)c1. The summed E-state index contributed by atoms with van der Waals surface area (Å²) in [4.78, 5) is 14.9. The van der Waals surface area contributed by atoms with Gasteiger partial charge in [0.2, 0.25) is 5.91 Å². The molecule has 1 N–H and O–H groups in total. The van der Waals surface area contributed by atoms with Crippen LogP contribution < -0.4 is 15.0 Å². The number of methoxy groups -OCH3 is 1. The molecule has 8 nitrogen and oxygen atoms in total. The lowest BCUT2D eigenvalue weighted by Gasteiger charge is -2.32. The van der Waals surface area contributed by atoms with E-state index in [0.29, 0.717) is 23.0 Å². The largest absolute Gasteiger partial charge is 0.497 e. The lowest BCUT2D eigenvalue weighted by atomic mass is 9.96. The number of nitrogens with zero attached hydrogens (tertiary/aromatic N) is 5. The van der Waals surface area contributed by atoms with Crippen LogP contribution in [0.3, 0.4) is 0 Å². The number of halogens is 1. The van der Waals surface area contributed by atoms with Crippen LogP contribution in [0.15, 0.2) is 60.7 Å². The minimum atomic E-state index is -0.00914. The number of hydrogen-bond acceptors (Lipinski definition) is 6. The van der Waals surface area contributed by atoms with E-state index < -0.39 is 0 Å². The predicted octanol–water partition coefficient (Wildman–Crippen LogP) is 3.99. The number of hydrogen-bond donors (Lipinski definition) is 1. The van der Waals surface area contributed by atoms with Crippen molar-refractivity contribution in [1.82, 2.24) is 25.1 Å². The van der Waals surface area contributed by atoms with E-state index in [1.165, 1.54) is 0 Å². The number of carbonyl (C=O) groups is 1. The Hall–Kier alpha value is -3.65. The minimum absolute atomic E-state index is 0.00914. The van der Waals surface area contributed by atoms with Crippen LogP contribution in [0.25, 0.3) is 17.0 Å². The van der Waals surface area contributed by atoms with Crippen LogP contribution in [0.1, 0.15) is 18.4 Å². The lowest BCUT2D eigenvalue weighted by molar-refractivity contribution is -0.125. The zero-order valence-corrected chi connectivity index (χ0v) is 19.6. The molecular weight excluding hydrogens is 452 g/mol. The number of amides is 1. The molecule has 0 unspecified atom stereocenters. The summed E-state index contributed by atoms with van der Waals surface area (Å²) in [6, 6.07) is 19.1. The fraction of sp³-hybridized carbons (Fsp3) is 0.280. The third kappa shape index (κ3) is 4.68. The van der Waals surface area contributed by atoms with Gasteiger partial charge in [0.05, 0.1) is 7.11 Å². The molecule has 0 saturated carbocycles. The Labute approximate surface area is 202 Å². The first kappa shape index (κ1) is 22.2. The fourth-order valence-electron chi connectivity index (χ4n) is 4.21. The van der Waals surface area contributed by atoms with Gasteiger partial charge >= 0.3 is 0 Å². The molecule has 1 aliphatic heterocycles. The number of benzene rings is 2. The van der Waals surface area contributed by atoms with E-state index >= 15 is 0 Å². The van der Waals surface area contributed by atoms with Crippen LogP contribution in [0.4, 0.5) is 5.82 Å². The first-order valence-corrected chi connectivity index (χ1v) is 11.6. The summed E-state index contributed by atoms with van der Waals surface area (Å²) in [6.45, 7) is 2.01. The first-order chi connectivity index (χ1) is 16.6. The molecule has 2 aromatic carbocycles. The average Bonchev–Trinajstić information content (AvgIpc) is 3.31. The van der Waals surface area contributed by atoms with Gasteiger partial charge in [-0.25, -0.2) is 0 Å². The third-order valence-corrected chi connectivity index (χ3v) is 6.39. The number of piperidine rings is 1. The van der Waals surface area contributed by atoms with Crippen LogP contribution in [-0.2, 0) is 11.3 Å². The third-order valence-electron chi connectivity index (χ3n) is 6.14. The molecule has 34 heavy (non-hydrogen) atoms. The van der Waals surface area contributed by atoms with Crippen molar-refractivity contribution in [3.63, 3.8) is 0 Å². The van der Waals surface area contributed by atoms with Crippen molar-refractivity contribution in [3.8, 4) is 17.1 Å². The Balaban J connectivity index is 1.22. The zero-order valence-electron chi connectivity index (χ0n) is 18.8. The highest BCUT2D eigenvalue weighted by Gasteiger charge is 2.26. The average molecular weight is 477 g/mol. The van der Waals surface area contributed by atoms with Gasteiger partial charge in [0.25, 0.3) is 0 Å².